The highest BCUT2D eigenvalue weighted by Gasteiger charge is 2.13. The Hall–Kier alpha value is -2.64. The largest absolute Gasteiger partial charge is 0.417 e. The summed E-state index contributed by atoms with van der Waals surface area (Å²) in [5.41, 5.74) is 2.12. The highest BCUT2D eigenvalue weighted by atomic mass is 16.5. The highest BCUT2D eigenvalue weighted by molar-refractivity contribution is 5.77. The Balaban J connectivity index is 1.96. The van der Waals surface area contributed by atoms with E-state index in [0.29, 0.717) is 28.9 Å². The Labute approximate surface area is 115 Å². The van der Waals surface area contributed by atoms with E-state index in [0.717, 1.165) is 18.7 Å². The fourth-order valence-corrected chi connectivity index (χ4v) is 1.74. The first-order valence-electron chi connectivity index (χ1n) is 6.41. The van der Waals surface area contributed by atoms with Gasteiger partial charge in [0, 0.05) is 18.3 Å². The zero-order chi connectivity index (χ0) is 13.9. The predicted molar refractivity (Wildman–Crippen MR) is 73.9 cm³/mol. The molecule has 3 aromatic heterocycles. The lowest BCUT2D eigenvalue weighted by atomic mass is 10.5. The number of hydrogen-bond acceptors (Lipinski definition) is 6. The van der Waals surface area contributed by atoms with Crippen LogP contribution in [0, 0.1) is 6.92 Å². The maximum atomic E-state index is 5.69. The molecule has 0 radical (unpaired) electrons. The molecule has 104 valence electrons. The number of nitrogens with zero attached hydrogens (tertiary/aromatic N) is 4. The van der Waals surface area contributed by atoms with E-state index in [2.05, 4.69) is 42.4 Å². The van der Waals surface area contributed by atoms with E-state index in [1.165, 1.54) is 0 Å². The third-order valence-electron chi connectivity index (χ3n) is 2.67. The van der Waals surface area contributed by atoms with Crippen LogP contribution in [0.3, 0.4) is 0 Å². The molecular weight excluding hydrogens is 258 g/mol. The minimum Gasteiger partial charge on any atom is -0.417 e. The summed E-state index contributed by atoms with van der Waals surface area (Å²) in [4.78, 5) is 15.8. The first-order valence-corrected chi connectivity index (χ1v) is 6.41. The molecule has 8 nitrogen and oxygen atoms in total. The third-order valence-corrected chi connectivity index (χ3v) is 2.67. The van der Waals surface area contributed by atoms with Crippen molar-refractivity contribution in [1.29, 1.82) is 0 Å². The Morgan fingerprint density at radius 3 is 3.00 bits per heavy atom. The number of hydrogen-bond donors (Lipinski definition) is 3. The van der Waals surface area contributed by atoms with E-state index in [9.17, 15) is 0 Å². The molecule has 0 aliphatic heterocycles. The van der Waals surface area contributed by atoms with Crippen molar-refractivity contribution >= 4 is 17.1 Å². The molecule has 0 amide bonds. The van der Waals surface area contributed by atoms with E-state index >= 15 is 0 Å². The second-order valence-electron chi connectivity index (χ2n) is 4.37. The third kappa shape index (κ3) is 2.40. The fraction of sp³-hybridized carbons (Fsp3) is 0.333. The highest BCUT2D eigenvalue weighted by Crippen LogP contribution is 2.25. The molecule has 0 unspecified atom stereocenters. The molecule has 3 N–H and O–H groups in total. The van der Waals surface area contributed by atoms with Crippen molar-refractivity contribution in [3.8, 4) is 11.8 Å². The van der Waals surface area contributed by atoms with Gasteiger partial charge in [-0.1, -0.05) is 6.92 Å². The van der Waals surface area contributed by atoms with Crippen molar-refractivity contribution in [3.63, 3.8) is 0 Å². The fourth-order valence-electron chi connectivity index (χ4n) is 1.74. The van der Waals surface area contributed by atoms with Crippen molar-refractivity contribution in [2.75, 3.05) is 11.9 Å². The molecule has 0 aliphatic rings. The molecule has 0 saturated carbocycles. The summed E-state index contributed by atoms with van der Waals surface area (Å²) < 4.78 is 5.69. The van der Waals surface area contributed by atoms with Crippen LogP contribution in [0.4, 0.5) is 5.95 Å². The molecule has 0 fully saturated rings. The first-order chi connectivity index (χ1) is 9.76. The van der Waals surface area contributed by atoms with Gasteiger partial charge in [0.2, 0.25) is 11.8 Å². The van der Waals surface area contributed by atoms with E-state index in [4.69, 9.17) is 4.74 Å². The minimum atomic E-state index is 0.401. The number of fused-ring (bicyclic) bond motifs is 1. The van der Waals surface area contributed by atoms with Crippen molar-refractivity contribution in [3.05, 3.63) is 18.1 Å². The molecule has 0 spiro atoms. The van der Waals surface area contributed by atoms with Gasteiger partial charge in [-0.2, -0.15) is 9.97 Å². The molecule has 20 heavy (non-hydrogen) atoms. The lowest BCUT2D eigenvalue weighted by Gasteiger charge is -2.06. The van der Waals surface area contributed by atoms with Gasteiger partial charge in [-0.15, -0.1) is 5.10 Å². The lowest BCUT2D eigenvalue weighted by molar-refractivity contribution is 0.448. The quantitative estimate of drug-likeness (QED) is 0.656. The van der Waals surface area contributed by atoms with Gasteiger partial charge in [0.25, 0.3) is 5.88 Å². The van der Waals surface area contributed by atoms with Crippen LogP contribution in [-0.2, 0) is 0 Å². The molecule has 3 aromatic rings. The number of aromatic amines is 2. The molecule has 8 heteroatoms. The molecule has 3 rings (SSSR count). The standard InChI is InChI=1S/C12H15N7O/c1-3-4-13-12-16-10-9(14-6-15-10)11(17-12)20-8-5-7(2)18-19-8/h5-6H,3-4H2,1-2H3,(H,18,19)(H2,13,14,15,16,17). The van der Waals surface area contributed by atoms with Gasteiger partial charge in [0.1, 0.15) is 5.52 Å². The maximum absolute atomic E-state index is 5.69. The molecule has 3 heterocycles. The summed E-state index contributed by atoms with van der Waals surface area (Å²) in [6.45, 7) is 4.76. The second kappa shape index (κ2) is 5.16. The molecule has 0 aromatic carbocycles. The van der Waals surface area contributed by atoms with Crippen LogP contribution >= 0.6 is 0 Å². The number of rotatable bonds is 5. The number of H-pyrrole nitrogens is 2. The van der Waals surface area contributed by atoms with E-state index < -0.39 is 0 Å². The predicted octanol–water partition coefficient (Wildman–Crippen LogP) is 2.00. The maximum Gasteiger partial charge on any atom is 0.252 e. The lowest BCUT2D eigenvalue weighted by Crippen LogP contribution is -2.05. The van der Waals surface area contributed by atoms with Gasteiger partial charge >= 0.3 is 0 Å². The van der Waals surface area contributed by atoms with Crippen LogP contribution in [-0.4, -0.2) is 36.7 Å². The summed E-state index contributed by atoms with van der Waals surface area (Å²) >= 11 is 0. The van der Waals surface area contributed by atoms with Crippen LogP contribution in [0.2, 0.25) is 0 Å². The number of aryl methyl sites for hydroxylation is 1. The van der Waals surface area contributed by atoms with Crippen LogP contribution in [0.5, 0.6) is 11.8 Å². The molecule has 0 atom stereocenters. The van der Waals surface area contributed by atoms with Gasteiger partial charge in [-0.05, 0) is 13.3 Å². The van der Waals surface area contributed by atoms with Crippen molar-refractivity contribution < 1.29 is 4.74 Å². The second-order valence-corrected chi connectivity index (χ2v) is 4.37. The van der Waals surface area contributed by atoms with E-state index in [-0.39, 0.29) is 0 Å². The van der Waals surface area contributed by atoms with Crippen LogP contribution in [0.25, 0.3) is 11.2 Å². The normalized spacial score (nSPS) is 10.9. The topological polar surface area (TPSA) is 104 Å². The molecular formula is C12H15N7O. The number of ether oxygens (including phenoxy) is 1. The van der Waals surface area contributed by atoms with Gasteiger partial charge in [0.15, 0.2) is 5.65 Å². The first kappa shape index (κ1) is 12.4. The Morgan fingerprint density at radius 2 is 2.25 bits per heavy atom. The number of anilines is 1. The van der Waals surface area contributed by atoms with Gasteiger partial charge in [-0.25, -0.2) is 4.98 Å². The van der Waals surface area contributed by atoms with Gasteiger partial charge in [0.05, 0.1) is 6.33 Å². The Kier molecular flexibility index (Phi) is 3.20. The number of aromatic nitrogens is 6. The SMILES string of the molecule is CCCNc1nc(Oc2cc(C)[nH]n2)c2[nH]cnc2n1. The van der Waals surface area contributed by atoms with Gasteiger partial charge < -0.3 is 15.0 Å². The number of nitrogens with one attached hydrogen (secondary N) is 3. The summed E-state index contributed by atoms with van der Waals surface area (Å²) in [6, 6.07) is 1.80. The van der Waals surface area contributed by atoms with Crippen molar-refractivity contribution in [1.82, 2.24) is 30.1 Å². The zero-order valence-corrected chi connectivity index (χ0v) is 11.3. The summed E-state index contributed by atoms with van der Waals surface area (Å²) in [6.07, 6.45) is 2.54. The Morgan fingerprint density at radius 1 is 1.35 bits per heavy atom. The minimum absolute atomic E-state index is 0.401. The van der Waals surface area contributed by atoms with E-state index in [1.54, 1.807) is 12.4 Å². The summed E-state index contributed by atoms with van der Waals surface area (Å²) in [7, 11) is 0. The number of imidazole rings is 1. The van der Waals surface area contributed by atoms with Crippen molar-refractivity contribution in [2.45, 2.75) is 20.3 Å². The molecule has 0 saturated heterocycles. The molecule has 0 bridgehead atoms. The van der Waals surface area contributed by atoms with Crippen LogP contribution in [0.1, 0.15) is 19.0 Å². The van der Waals surface area contributed by atoms with E-state index in [1.807, 2.05) is 6.92 Å². The average Bonchev–Trinajstić information content (AvgIpc) is 3.05. The van der Waals surface area contributed by atoms with Crippen molar-refractivity contribution in [2.24, 2.45) is 0 Å². The summed E-state index contributed by atoms with van der Waals surface area (Å²) in [5.74, 6) is 1.35. The van der Waals surface area contributed by atoms with Crippen LogP contribution < -0.4 is 10.1 Å². The van der Waals surface area contributed by atoms with Crippen LogP contribution in [0.15, 0.2) is 12.4 Å². The average molecular weight is 273 g/mol. The molecule has 0 aliphatic carbocycles. The zero-order valence-electron chi connectivity index (χ0n) is 11.3. The van der Waals surface area contributed by atoms with Gasteiger partial charge in [-0.3, -0.25) is 5.10 Å². The smallest absolute Gasteiger partial charge is 0.252 e. The summed E-state index contributed by atoms with van der Waals surface area (Å²) in [5, 5.41) is 9.97. The Bertz CT molecular complexity index is 717. The monoisotopic (exact) mass is 273 g/mol.